The number of carbonyl (C=O) groups excluding carboxylic acids is 1. The first-order chi connectivity index (χ1) is 15.3. The lowest BCUT2D eigenvalue weighted by Gasteiger charge is -2.30. The van der Waals surface area contributed by atoms with Crippen molar-refractivity contribution in [2.24, 2.45) is 0 Å². The Labute approximate surface area is 190 Å². The molecule has 1 atom stereocenters. The molecule has 32 heavy (non-hydrogen) atoms. The minimum Gasteiger partial charge on any atom is -0.350 e. The number of amides is 1. The van der Waals surface area contributed by atoms with E-state index in [1.54, 1.807) is 6.92 Å². The number of sulfonamides is 1. The highest BCUT2D eigenvalue weighted by molar-refractivity contribution is 7.92. The van der Waals surface area contributed by atoms with Gasteiger partial charge in [0.15, 0.2) is 0 Å². The molecule has 0 unspecified atom stereocenters. The molecule has 0 saturated carbocycles. The molecule has 6 nitrogen and oxygen atoms in total. The Kier molecular flexibility index (Phi) is 8.26. The predicted molar refractivity (Wildman–Crippen MR) is 125 cm³/mol. The maximum atomic E-state index is 13.3. The summed E-state index contributed by atoms with van der Waals surface area (Å²) in [7, 11) is -3.74. The van der Waals surface area contributed by atoms with E-state index in [-0.39, 0.29) is 18.0 Å². The number of likely N-dealkylation sites (tertiary alicyclic amines) is 1. The Morgan fingerprint density at radius 3 is 2.19 bits per heavy atom. The molecule has 1 aliphatic rings. The Bertz CT molecular complexity index is 988. The minimum absolute atomic E-state index is 0.262. The van der Waals surface area contributed by atoms with Gasteiger partial charge in [-0.3, -0.25) is 14.0 Å². The highest BCUT2D eigenvalue weighted by Crippen LogP contribution is 2.23. The van der Waals surface area contributed by atoms with Crippen molar-refractivity contribution in [1.82, 2.24) is 10.2 Å². The van der Waals surface area contributed by atoms with Crippen molar-refractivity contribution >= 4 is 21.6 Å². The number of halogens is 1. The third kappa shape index (κ3) is 6.53. The van der Waals surface area contributed by atoms with Gasteiger partial charge in [-0.05, 0) is 67.7 Å². The molecule has 0 spiro atoms. The maximum absolute atomic E-state index is 13.3. The highest BCUT2D eigenvalue weighted by Gasteiger charge is 2.31. The topological polar surface area (TPSA) is 69.7 Å². The van der Waals surface area contributed by atoms with Gasteiger partial charge in [0.25, 0.3) is 0 Å². The Morgan fingerprint density at radius 1 is 1.03 bits per heavy atom. The zero-order chi connectivity index (χ0) is 23.1. The van der Waals surface area contributed by atoms with Crippen LogP contribution in [0.15, 0.2) is 48.5 Å². The van der Waals surface area contributed by atoms with Gasteiger partial charge in [0.05, 0.1) is 11.9 Å². The number of hydrogen-bond acceptors (Lipinski definition) is 4. The zero-order valence-corrected chi connectivity index (χ0v) is 19.6. The van der Waals surface area contributed by atoms with Gasteiger partial charge in [-0.2, -0.15) is 0 Å². The van der Waals surface area contributed by atoms with E-state index in [1.807, 2.05) is 12.1 Å². The Balaban J connectivity index is 1.64. The Morgan fingerprint density at radius 2 is 1.62 bits per heavy atom. The van der Waals surface area contributed by atoms with Crippen LogP contribution >= 0.6 is 0 Å². The fraction of sp³-hybridized carbons (Fsp3) is 0.458. The lowest BCUT2D eigenvalue weighted by Crippen LogP contribution is -2.49. The molecule has 174 valence electrons. The second-order valence-electron chi connectivity index (χ2n) is 8.33. The number of nitrogens with zero attached hydrogens (tertiary/aromatic N) is 2. The number of rotatable bonds is 9. The molecule has 1 fully saturated rings. The molecule has 2 aromatic rings. The van der Waals surface area contributed by atoms with Crippen LogP contribution < -0.4 is 9.62 Å². The van der Waals surface area contributed by atoms with Gasteiger partial charge in [0.2, 0.25) is 15.9 Å². The number of hydrogen-bond donors (Lipinski definition) is 1. The van der Waals surface area contributed by atoms with E-state index in [4.69, 9.17) is 0 Å². The van der Waals surface area contributed by atoms with Crippen LogP contribution in [0.4, 0.5) is 10.1 Å². The second kappa shape index (κ2) is 10.9. The molecule has 2 aromatic carbocycles. The third-order valence-corrected chi connectivity index (χ3v) is 6.94. The van der Waals surface area contributed by atoms with Crippen molar-refractivity contribution in [2.45, 2.75) is 51.7 Å². The quantitative estimate of drug-likeness (QED) is 0.619. The van der Waals surface area contributed by atoms with Gasteiger partial charge >= 0.3 is 0 Å². The summed E-state index contributed by atoms with van der Waals surface area (Å²) < 4.78 is 39.3. The fourth-order valence-corrected chi connectivity index (χ4v) is 5.31. The molecular weight excluding hydrogens is 429 g/mol. The molecule has 1 aliphatic heterocycles. The van der Waals surface area contributed by atoms with Crippen molar-refractivity contribution in [2.75, 3.05) is 23.7 Å². The highest BCUT2D eigenvalue weighted by atomic mass is 32.2. The minimum atomic E-state index is -3.74. The predicted octanol–water partition coefficient (Wildman–Crippen LogP) is 3.67. The standard InChI is InChI=1S/C24H32FN3O3S/c1-3-23(28(32(2,30)31)22-13-11-21(25)12-14-22)24(29)26-17-19-7-9-20(10-8-19)18-27-15-5-4-6-16-27/h7-14,23H,3-6,15-18H2,1-2H3,(H,26,29)/t23-/m0/s1. The van der Waals surface area contributed by atoms with Crippen LogP contribution in [-0.2, 0) is 27.9 Å². The van der Waals surface area contributed by atoms with Crippen molar-refractivity contribution in [3.8, 4) is 0 Å². The van der Waals surface area contributed by atoms with Crippen molar-refractivity contribution in [1.29, 1.82) is 0 Å². The van der Waals surface area contributed by atoms with Gasteiger partial charge in [-0.1, -0.05) is 37.6 Å². The molecule has 0 bridgehead atoms. The van der Waals surface area contributed by atoms with Crippen molar-refractivity contribution in [3.63, 3.8) is 0 Å². The molecule has 1 heterocycles. The first kappa shape index (κ1) is 24.2. The van der Waals surface area contributed by atoms with Crippen LogP contribution in [0.5, 0.6) is 0 Å². The first-order valence-electron chi connectivity index (χ1n) is 11.1. The van der Waals surface area contributed by atoms with E-state index in [1.165, 1.54) is 49.1 Å². The number of nitrogens with one attached hydrogen (secondary N) is 1. The number of anilines is 1. The summed E-state index contributed by atoms with van der Waals surface area (Å²) in [6.07, 6.45) is 5.15. The summed E-state index contributed by atoms with van der Waals surface area (Å²) in [5.74, 6) is -0.858. The summed E-state index contributed by atoms with van der Waals surface area (Å²) >= 11 is 0. The van der Waals surface area contributed by atoms with Crippen LogP contribution in [0.3, 0.4) is 0 Å². The van der Waals surface area contributed by atoms with Crippen LogP contribution in [-0.4, -0.2) is 44.6 Å². The number of carbonyl (C=O) groups is 1. The van der Waals surface area contributed by atoms with E-state index in [2.05, 4.69) is 22.3 Å². The molecule has 3 rings (SSSR count). The average Bonchev–Trinajstić information content (AvgIpc) is 2.77. The summed E-state index contributed by atoms with van der Waals surface area (Å²) in [4.78, 5) is 15.4. The van der Waals surface area contributed by atoms with E-state index in [0.29, 0.717) is 6.54 Å². The van der Waals surface area contributed by atoms with Gasteiger partial charge < -0.3 is 5.32 Å². The van der Waals surface area contributed by atoms with Crippen LogP contribution in [0.1, 0.15) is 43.7 Å². The third-order valence-electron chi connectivity index (χ3n) is 5.76. The van der Waals surface area contributed by atoms with Gasteiger partial charge in [-0.25, -0.2) is 12.8 Å². The summed E-state index contributed by atoms with van der Waals surface area (Å²) in [5.41, 5.74) is 2.45. The molecule has 1 saturated heterocycles. The fourth-order valence-electron chi connectivity index (χ4n) is 4.09. The Hall–Kier alpha value is -2.45. The average molecular weight is 462 g/mol. The van der Waals surface area contributed by atoms with E-state index in [0.717, 1.165) is 35.8 Å². The lowest BCUT2D eigenvalue weighted by atomic mass is 10.1. The summed E-state index contributed by atoms with van der Waals surface area (Å²) in [6, 6.07) is 12.3. The smallest absolute Gasteiger partial charge is 0.244 e. The molecule has 0 radical (unpaired) electrons. The molecule has 1 amide bonds. The van der Waals surface area contributed by atoms with Crippen molar-refractivity contribution in [3.05, 3.63) is 65.5 Å². The van der Waals surface area contributed by atoms with Gasteiger partial charge in [0, 0.05) is 13.1 Å². The normalized spacial score (nSPS) is 15.8. The number of piperidine rings is 1. The van der Waals surface area contributed by atoms with Crippen molar-refractivity contribution < 1.29 is 17.6 Å². The molecule has 8 heteroatoms. The number of benzene rings is 2. The van der Waals surface area contributed by atoms with E-state index >= 15 is 0 Å². The van der Waals surface area contributed by atoms with Crippen LogP contribution in [0.25, 0.3) is 0 Å². The summed E-state index contributed by atoms with van der Waals surface area (Å²) in [5, 5.41) is 2.85. The maximum Gasteiger partial charge on any atom is 0.244 e. The SMILES string of the molecule is CC[C@@H](C(=O)NCc1ccc(CN2CCCCC2)cc1)N(c1ccc(F)cc1)S(C)(=O)=O. The monoisotopic (exact) mass is 461 g/mol. The molecule has 0 aromatic heterocycles. The van der Waals surface area contributed by atoms with Gasteiger partial charge in [-0.15, -0.1) is 0 Å². The lowest BCUT2D eigenvalue weighted by molar-refractivity contribution is -0.122. The molecular formula is C24H32FN3O3S. The van der Waals surface area contributed by atoms with Gasteiger partial charge in [0.1, 0.15) is 11.9 Å². The molecule has 1 N–H and O–H groups in total. The van der Waals surface area contributed by atoms with E-state index < -0.39 is 21.9 Å². The molecule has 0 aliphatic carbocycles. The second-order valence-corrected chi connectivity index (χ2v) is 10.2. The zero-order valence-electron chi connectivity index (χ0n) is 18.8. The van der Waals surface area contributed by atoms with Crippen LogP contribution in [0.2, 0.25) is 0 Å². The van der Waals surface area contributed by atoms with E-state index in [9.17, 15) is 17.6 Å². The van der Waals surface area contributed by atoms with Crippen LogP contribution in [0, 0.1) is 5.82 Å². The largest absolute Gasteiger partial charge is 0.350 e. The summed E-state index contributed by atoms with van der Waals surface area (Å²) in [6.45, 7) is 5.27. The first-order valence-corrected chi connectivity index (χ1v) is 13.0.